The van der Waals surface area contributed by atoms with E-state index in [1.165, 1.54) is 58.4 Å². The monoisotopic (exact) mass is 741 g/mol. The van der Waals surface area contributed by atoms with Gasteiger partial charge in [-0.1, -0.05) is 31.1 Å². The molecule has 0 radical (unpaired) electrons. The molecule has 7 heterocycles. The van der Waals surface area contributed by atoms with Crippen molar-refractivity contribution in [1.82, 2.24) is 30.1 Å². The average molecular weight is 742 g/mol. The summed E-state index contributed by atoms with van der Waals surface area (Å²) in [5.74, 6) is 2.71. The Morgan fingerprint density at radius 2 is 1.61 bits per heavy atom. The quantitative estimate of drug-likeness (QED) is 0.274. The van der Waals surface area contributed by atoms with Gasteiger partial charge in [0.05, 0.1) is 24.0 Å². The number of benzene rings is 1. The van der Waals surface area contributed by atoms with Crippen LogP contribution in [0.1, 0.15) is 71.0 Å². The summed E-state index contributed by atoms with van der Waals surface area (Å²) in [6.45, 7) is 18.2. The van der Waals surface area contributed by atoms with E-state index in [4.69, 9.17) is 9.26 Å². The van der Waals surface area contributed by atoms with Gasteiger partial charge in [-0.25, -0.2) is 0 Å². The van der Waals surface area contributed by atoms with E-state index in [1.54, 1.807) is 6.07 Å². The summed E-state index contributed by atoms with van der Waals surface area (Å²) in [5.41, 5.74) is 2.52. The second-order valence-corrected chi connectivity index (χ2v) is 16.5. The van der Waals surface area contributed by atoms with Gasteiger partial charge in [-0.3, -0.25) is 9.69 Å². The van der Waals surface area contributed by atoms with Crippen LogP contribution in [-0.2, 0) is 9.53 Å². The fourth-order valence-electron chi connectivity index (χ4n) is 9.81. The highest BCUT2D eigenvalue weighted by molar-refractivity contribution is 5.78. The number of nitrogens with zero attached hydrogens (tertiary/aromatic N) is 8. The Kier molecular flexibility index (Phi) is 11.3. The molecule has 2 aromatic heterocycles. The molecular weight excluding hydrogens is 683 g/mol. The van der Waals surface area contributed by atoms with Crippen molar-refractivity contribution < 1.29 is 19.2 Å². The summed E-state index contributed by atoms with van der Waals surface area (Å²) < 4.78 is 11.0. The Bertz CT molecular complexity index is 1710. The predicted molar refractivity (Wildman–Crippen MR) is 210 cm³/mol. The number of anilines is 3. The van der Waals surface area contributed by atoms with Gasteiger partial charge in [-0.15, -0.1) is 10.2 Å². The molecule has 4 saturated heterocycles. The SMILES string of the molecule is CCOC(=O)C(c1cc(N2CCC(N3CCC(N4CCC(CN5CCN6c7cc(-c8ccccc8O)nnc7NC[C@H]6C5)CC4)CC3)CC2)no1)C(C)C. The van der Waals surface area contributed by atoms with E-state index in [1.807, 2.05) is 45.0 Å². The van der Waals surface area contributed by atoms with Crippen LogP contribution in [0.4, 0.5) is 17.3 Å². The van der Waals surface area contributed by atoms with Crippen LogP contribution >= 0.6 is 0 Å². The van der Waals surface area contributed by atoms with E-state index in [9.17, 15) is 9.90 Å². The van der Waals surface area contributed by atoms with Gasteiger partial charge in [0.1, 0.15) is 11.7 Å². The molecule has 3 aromatic rings. The lowest BCUT2D eigenvalue weighted by Crippen LogP contribution is -2.58. The largest absolute Gasteiger partial charge is 0.507 e. The third-order valence-electron chi connectivity index (χ3n) is 12.9. The molecule has 54 heavy (non-hydrogen) atoms. The van der Waals surface area contributed by atoms with Crippen molar-refractivity contribution in [1.29, 1.82) is 0 Å². The zero-order valence-electron chi connectivity index (χ0n) is 32.4. The summed E-state index contributed by atoms with van der Waals surface area (Å²) in [6, 6.07) is 13.1. The first-order chi connectivity index (χ1) is 26.3. The molecule has 0 saturated carbocycles. The first-order valence-electron chi connectivity index (χ1n) is 20.6. The molecule has 1 unspecified atom stereocenters. The third kappa shape index (κ3) is 7.90. The minimum atomic E-state index is -0.421. The number of para-hydroxylation sites is 1. The molecule has 13 nitrogen and oxygen atoms in total. The molecule has 5 aliphatic heterocycles. The highest BCUT2D eigenvalue weighted by atomic mass is 16.5. The molecule has 1 aromatic carbocycles. The highest BCUT2D eigenvalue weighted by Crippen LogP contribution is 2.37. The van der Waals surface area contributed by atoms with Crippen molar-refractivity contribution in [2.45, 2.75) is 83.3 Å². The van der Waals surface area contributed by atoms with Crippen molar-refractivity contribution in [3.63, 3.8) is 0 Å². The van der Waals surface area contributed by atoms with Gasteiger partial charge in [0.2, 0.25) is 0 Å². The number of rotatable bonds is 10. The number of piperidine rings is 3. The molecule has 0 amide bonds. The smallest absolute Gasteiger partial charge is 0.317 e. The Labute approximate surface area is 320 Å². The van der Waals surface area contributed by atoms with Gasteiger partial charge < -0.3 is 39.3 Å². The first kappa shape index (κ1) is 37.0. The lowest BCUT2D eigenvalue weighted by molar-refractivity contribution is -0.146. The minimum absolute atomic E-state index is 0.0798. The van der Waals surface area contributed by atoms with Crippen LogP contribution in [0.25, 0.3) is 11.3 Å². The van der Waals surface area contributed by atoms with Crippen LogP contribution in [0.2, 0.25) is 0 Å². The number of hydrogen-bond donors (Lipinski definition) is 2. The molecule has 13 heteroatoms. The van der Waals surface area contributed by atoms with Crippen LogP contribution in [0, 0.1) is 11.8 Å². The second-order valence-electron chi connectivity index (χ2n) is 16.5. The number of aromatic hydroxyl groups is 1. The number of esters is 1. The van der Waals surface area contributed by atoms with Gasteiger partial charge in [-0.05, 0) is 102 Å². The maximum atomic E-state index is 12.6. The first-order valence-corrected chi connectivity index (χ1v) is 20.6. The van der Waals surface area contributed by atoms with E-state index >= 15 is 0 Å². The van der Waals surface area contributed by atoms with E-state index in [-0.39, 0.29) is 17.6 Å². The number of ether oxygens (including phenoxy) is 1. The van der Waals surface area contributed by atoms with Gasteiger partial charge >= 0.3 is 5.97 Å². The Morgan fingerprint density at radius 1 is 0.907 bits per heavy atom. The maximum absolute atomic E-state index is 12.6. The summed E-state index contributed by atoms with van der Waals surface area (Å²) >= 11 is 0. The molecule has 5 aliphatic rings. The van der Waals surface area contributed by atoms with Gasteiger partial charge in [0.15, 0.2) is 17.4 Å². The number of aromatic nitrogens is 3. The molecule has 0 aliphatic carbocycles. The molecule has 8 rings (SSSR count). The van der Waals surface area contributed by atoms with Crippen LogP contribution < -0.4 is 15.1 Å². The summed E-state index contributed by atoms with van der Waals surface area (Å²) in [6.07, 6.45) is 7.41. The fourth-order valence-corrected chi connectivity index (χ4v) is 9.81. The standard InChI is InChI=1S/C41H59N9O4/c1-4-53-41(52)39(28(2)3)37-24-38(45-54-37)49-19-13-31(14-20-49)48-17-11-30(12-18-48)47-15-9-29(10-16-47)26-46-21-22-50-32(27-46)25-42-40-35(50)23-34(43-44-40)33-7-5-6-8-36(33)51/h5-8,23-24,28-32,39,51H,4,9-22,25-27H2,1-3H3,(H,42,44)/t32-,39?/m0/s1. The van der Waals surface area contributed by atoms with Crippen LogP contribution in [-0.4, -0.2) is 138 Å². The number of carbonyl (C=O) groups excluding carboxylic acids is 1. The van der Waals surface area contributed by atoms with Gasteiger partial charge in [0, 0.05) is 69.5 Å². The van der Waals surface area contributed by atoms with E-state index in [2.05, 4.69) is 51.2 Å². The average Bonchev–Trinajstić information content (AvgIpc) is 3.68. The highest BCUT2D eigenvalue weighted by Gasteiger charge is 2.37. The number of nitrogens with one attached hydrogen (secondary N) is 1. The van der Waals surface area contributed by atoms with Crippen LogP contribution in [0.15, 0.2) is 40.9 Å². The van der Waals surface area contributed by atoms with Gasteiger partial charge in [0.25, 0.3) is 0 Å². The third-order valence-corrected chi connectivity index (χ3v) is 12.9. The molecule has 0 spiro atoms. The van der Waals surface area contributed by atoms with Crippen molar-refractivity contribution in [3.8, 4) is 17.0 Å². The van der Waals surface area contributed by atoms with Crippen molar-refractivity contribution in [2.24, 2.45) is 11.8 Å². The number of carbonyl (C=O) groups is 1. The van der Waals surface area contributed by atoms with E-state index in [0.717, 1.165) is 80.9 Å². The maximum Gasteiger partial charge on any atom is 0.317 e. The van der Waals surface area contributed by atoms with Crippen molar-refractivity contribution in [2.75, 3.05) is 93.7 Å². The number of likely N-dealkylation sites (tertiary alicyclic amines) is 2. The molecule has 2 N–H and O–H groups in total. The van der Waals surface area contributed by atoms with Crippen molar-refractivity contribution >= 4 is 23.3 Å². The lowest BCUT2D eigenvalue weighted by Gasteiger charge is -2.47. The molecule has 4 fully saturated rings. The summed E-state index contributed by atoms with van der Waals surface area (Å²) in [5, 5.41) is 27.2. The Hall–Kier alpha value is -3.94. The lowest BCUT2D eigenvalue weighted by atomic mass is 9.91. The topological polar surface area (TPSA) is 127 Å². The molecular formula is C41H59N9O4. The number of hydrogen-bond acceptors (Lipinski definition) is 13. The van der Waals surface area contributed by atoms with E-state index < -0.39 is 5.92 Å². The Morgan fingerprint density at radius 3 is 2.31 bits per heavy atom. The number of piperazine rings is 1. The van der Waals surface area contributed by atoms with Crippen LogP contribution in [0.5, 0.6) is 5.75 Å². The predicted octanol–water partition coefficient (Wildman–Crippen LogP) is 4.90. The van der Waals surface area contributed by atoms with E-state index in [0.29, 0.717) is 36.2 Å². The zero-order valence-corrected chi connectivity index (χ0v) is 32.4. The Balaban J connectivity index is 0.757. The number of phenols is 1. The number of fused-ring (bicyclic) bond motifs is 3. The fraction of sp³-hybridized carbons (Fsp3) is 0.659. The molecule has 292 valence electrons. The minimum Gasteiger partial charge on any atom is -0.507 e. The van der Waals surface area contributed by atoms with Gasteiger partial charge in [-0.2, -0.15) is 0 Å². The summed E-state index contributed by atoms with van der Waals surface area (Å²) in [7, 11) is 0. The van der Waals surface area contributed by atoms with Crippen LogP contribution in [0.3, 0.4) is 0 Å². The second kappa shape index (κ2) is 16.4. The van der Waals surface area contributed by atoms with Crippen molar-refractivity contribution in [3.05, 3.63) is 42.2 Å². The molecule has 2 atom stereocenters. The normalized spacial score (nSPS) is 23.2. The number of phenolic OH excluding ortho intramolecular Hbond substituents is 1. The molecule has 0 bridgehead atoms. The zero-order chi connectivity index (χ0) is 37.2. The summed E-state index contributed by atoms with van der Waals surface area (Å²) in [4.78, 5) is 25.6.